The second kappa shape index (κ2) is 7.49. The van der Waals surface area contributed by atoms with Gasteiger partial charge in [-0.25, -0.2) is 0 Å². The molecule has 0 unspecified atom stereocenters. The molecule has 4 aromatic rings. The van der Waals surface area contributed by atoms with Crippen molar-refractivity contribution in [3.63, 3.8) is 0 Å². The van der Waals surface area contributed by atoms with Crippen LogP contribution in [0.15, 0.2) is 71.8 Å². The Bertz CT molecular complexity index is 1380. The summed E-state index contributed by atoms with van der Waals surface area (Å²) >= 11 is 0. The highest BCUT2D eigenvalue weighted by Crippen LogP contribution is 2.31. The van der Waals surface area contributed by atoms with Crippen LogP contribution in [0.2, 0.25) is 0 Å². The molecule has 0 saturated heterocycles. The molecule has 1 aliphatic heterocycles. The quantitative estimate of drug-likeness (QED) is 0.539. The van der Waals surface area contributed by atoms with Gasteiger partial charge in [0.15, 0.2) is 5.69 Å². The van der Waals surface area contributed by atoms with Crippen LogP contribution in [0.1, 0.15) is 26.4 Å². The maximum atomic E-state index is 12.8. The van der Waals surface area contributed by atoms with Crippen LogP contribution in [0.5, 0.6) is 0 Å². The van der Waals surface area contributed by atoms with E-state index in [1.807, 2.05) is 6.07 Å². The van der Waals surface area contributed by atoms with Gasteiger partial charge in [0.2, 0.25) is 5.43 Å². The van der Waals surface area contributed by atoms with Crippen LogP contribution in [0.4, 0.5) is 11.4 Å². The van der Waals surface area contributed by atoms with Crippen molar-refractivity contribution in [2.24, 2.45) is 0 Å². The third-order valence-corrected chi connectivity index (χ3v) is 5.28. The van der Waals surface area contributed by atoms with E-state index in [4.69, 9.17) is 0 Å². The van der Waals surface area contributed by atoms with Gasteiger partial charge in [-0.05, 0) is 54.4 Å². The number of fused-ring (bicyclic) bond motifs is 2. The Morgan fingerprint density at radius 2 is 1.94 bits per heavy atom. The molecule has 0 spiro atoms. The van der Waals surface area contributed by atoms with Crippen LogP contribution in [0.3, 0.4) is 0 Å². The molecular formula is C23H17N5O3. The summed E-state index contributed by atoms with van der Waals surface area (Å²) in [6, 6.07) is 15.7. The van der Waals surface area contributed by atoms with Crippen LogP contribution in [0, 0.1) is 0 Å². The number of benzene rings is 2. The molecule has 0 atom stereocenters. The van der Waals surface area contributed by atoms with Crippen LogP contribution in [0.25, 0.3) is 10.9 Å². The molecule has 8 heteroatoms. The van der Waals surface area contributed by atoms with Crippen molar-refractivity contribution in [1.29, 1.82) is 0 Å². The van der Waals surface area contributed by atoms with E-state index in [-0.39, 0.29) is 11.6 Å². The van der Waals surface area contributed by atoms with Crippen molar-refractivity contribution in [1.82, 2.24) is 15.2 Å². The number of carbonyl (C=O) groups excluding carboxylic acids is 2. The molecule has 0 fully saturated rings. The number of pyridine rings is 1. The van der Waals surface area contributed by atoms with Crippen LogP contribution in [-0.4, -0.2) is 33.5 Å². The van der Waals surface area contributed by atoms with E-state index in [1.54, 1.807) is 65.8 Å². The van der Waals surface area contributed by atoms with Gasteiger partial charge in [-0.15, -0.1) is 0 Å². The minimum atomic E-state index is -0.590. The van der Waals surface area contributed by atoms with E-state index in [1.165, 1.54) is 0 Å². The van der Waals surface area contributed by atoms with Crippen molar-refractivity contribution in [2.45, 2.75) is 6.42 Å². The Morgan fingerprint density at radius 1 is 1.06 bits per heavy atom. The zero-order valence-electron chi connectivity index (χ0n) is 16.3. The number of amides is 2. The number of nitrogens with one attached hydrogen (secondary N) is 2. The molecule has 3 heterocycles. The lowest BCUT2D eigenvalue weighted by molar-refractivity contribution is 0.0986. The molecule has 2 aromatic heterocycles. The number of anilines is 2. The maximum absolute atomic E-state index is 12.8. The zero-order chi connectivity index (χ0) is 21.4. The maximum Gasteiger partial charge on any atom is 0.280 e. The lowest BCUT2D eigenvalue weighted by Crippen LogP contribution is -2.28. The first-order valence-corrected chi connectivity index (χ1v) is 9.75. The van der Waals surface area contributed by atoms with Gasteiger partial charge in [-0.3, -0.25) is 24.5 Å². The summed E-state index contributed by atoms with van der Waals surface area (Å²) in [4.78, 5) is 43.8. The minimum Gasteiger partial charge on any atom is -0.320 e. The Kier molecular flexibility index (Phi) is 4.51. The number of nitrogens with zero attached hydrogens (tertiary/aromatic N) is 3. The predicted octanol–water partition coefficient (Wildman–Crippen LogP) is 2.77. The molecule has 1 aliphatic rings. The minimum absolute atomic E-state index is 0.115. The van der Waals surface area contributed by atoms with Crippen LogP contribution < -0.4 is 15.6 Å². The van der Waals surface area contributed by atoms with Gasteiger partial charge in [-0.1, -0.05) is 12.1 Å². The molecule has 0 radical (unpaired) electrons. The molecule has 0 aliphatic carbocycles. The van der Waals surface area contributed by atoms with Crippen molar-refractivity contribution in [2.75, 3.05) is 16.8 Å². The topological polar surface area (TPSA) is 108 Å². The van der Waals surface area contributed by atoms with E-state index < -0.39 is 11.3 Å². The van der Waals surface area contributed by atoms with Gasteiger partial charge in [0.25, 0.3) is 11.8 Å². The predicted molar refractivity (Wildman–Crippen MR) is 116 cm³/mol. The largest absolute Gasteiger partial charge is 0.320 e. The molecule has 8 nitrogen and oxygen atoms in total. The summed E-state index contributed by atoms with van der Waals surface area (Å²) in [5.74, 6) is -0.705. The number of hydrogen-bond acceptors (Lipinski definition) is 5. The van der Waals surface area contributed by atoms with E-state index in [2.05, 4.69) is 20.5 Å². The van der Waals surface area contributed by atoms with Crippen molar-refractivity contribution in [3.8, 4) is 0 Å². The van der Waals surface area contributed by atoms with Gasteiger partial charge in [-0.2, -0.15) is 5.10 Å². The number of rotatable bonds is 3. The average molecular weight is 411 g/mol. The van der Waals surface area contributed by atoms with Gasteiger partial charge in [0.1, 0.15) is 0 Å². The molecule has 152 valence electrons. The van der Waals surface area contributed by atoms with E-state index >= 15 is 0 Å². The monoisotopic (exact) mass is 411 g/mol. The Morgan fingerprint density at radius 3 is 2.77 bits per heavy atom. The lowest BCUT2D eigenvalue weighted by Gasteiger charge is -2.17. The summed E-state index contributed by atoms with van der Waals surface area (Å²) in [5, 5.41) is 9.82. The number of H-pyrrole nitrogens is 1. The molecular weight excluding hydrogens is 394 g/mol. The molecule has 2 amide bonds. The number of aromatic amines is 1. The normalized spacial score (nSPS) is 12.6. The summed E-state index contributed by atoms with van der Waals surface area (Å²) in [6.07, 6.45) is 3.84. The first-order chi connectivity index (χ1) is 15.1. The fourth-order valence-electron chi connectivity index (χ4n) is 3.75. The first-order valence-electron chi connectivity index (χ1n) is 9.75. The molecule has 2 N–H and O–H groups in total. The number of para-hydroxylation sites is 1. The Labute approximate surface area is 176 Å². The van der Waals surface area contributed by atoms with Crippen molar-refractivity contribution < 1.29 is 9.59 Å². The van der Waals surface area contributed by atoms with E-state index in [0.717, 1.165) is 11.3 Å². The second-order valence-electron chi connectivity index (χ2n) is 7.19. The number of hydrogen-bond donors (Lipinski definition) is 2. The van der Waals surface area contributed by atoms with Crippen LogP contribution in [-0.2, 0) is 6.42 Å². The zero-order valence-corrected chi connectivity index (χ0v) is 16.3. The van der Waals surface area contributed by atoms with E-state index in [0.29, 0.717) is 35.1 Å². The number of aromatic nitrogens is 3. The molecule has 2 aromatic carbocycles. The van der Waals surface area contributed by atoms with Gasteiger partial charge < -0.3 is 10.2 Å². The number of carbonyl (C=O) groups is 2. The Balaban J connectivity index is 1.39. The molecule has 0 bridgehead atoms. The molecule has 31 heavy (non-hydrogen) atoms. The van der Waals surface area contributed by atoms with Crippen LogP contribution >= 0.6 is 0 Å². The third kappa shape index (κ3) is 3.33. The fourth-order valence-corrected chi connectivity index (χ4v) is 3.75. The summed E-state index contributed by atoms with van der Waals surface area (Å²) < 4.78 is 0. The van der Waals surface area contributed by atoms with Gasteiger partial charge in [0, 0.05) is 35.7 Å². The summed E-state index contributed by atoms with van der Waals surface area (Å²) in [6.45, 7) is 0.548. The third-order valence-electron chi connectivity index (χ3n) is 5.28. The van der Waals surface area contributed by atoms with E-state index in [9.17, 15) is 14.4 Å². The van der Waals surface area contributed by atoms with Crippen molar-refractivity contribution in [3.05, 3.63) is 94.0 Å². The smallest absolute Gasteiger partial charge is 0.280 e. The second-order valence-corrected chi connectivity index (χ2v) is 7.19. The SMILES string of the molecule is O=C(Nc1ccc2c(c1)CCN2C(=O)c1cccnc1)c1n[nH]c2ccccc2c1=O. The van der Waals surface area contributed by atoms with Gasteiger partial charge in [0.05, 0.1) is 11.1 Å². The fraction of sp³-hybridized carbons (Fsp3) is 0.0870. The molecule has 5 rings (SSSR count). The lowest BCUT2D eigenvalue weighted by atomic mass is 10.1. The average Bonchev–Trinajstić information content (AvgIpc) is 3.22. The summed E-state index contributed by atoms with van der Waals surface area (Å²) in [5.41, 5.74) is 2.74. The highest BCUT2D eigenvalue weighted by molar-refractivity contribution is 6.08. The highest BCUT2D eigenvalue weighted by atomic mass is 16.2. The first kappa shape index (κ1) is 18.7. The highest BCUT2D eigenvalue weighted by Gasteiger charge is 2.26. The summed E-state index contributed by atoms with van der Waals surface area (Å²) in [7, 11) is 0. The standard InChI is InChI=1S/C23H17N5O3/c29-21-17-5-1-2-6-18(17)26-27-20(21)22(30)25-16-7-8-19-14(12-16)9-11-28(19)23(31)15-4-3-10-24-13-15/h1-8,10,12-13H,9,11H2,(H,25,30)(H,26,29). The molecule has 0 saturated carbocycles. The Hall–Kier alpha value is -4.33. The van der Waals surface area contributed by atoms with Crippen molar-refractivity contribution >= 4 is 34.1 Å². The van der Waals surface area contributed by atoms with Gasteiger partial charge >= 0.3 is 0 Å².